The first-order valence-corrected chi connectivity index (χ1v) is 6.33. The van der Waals surface area contributed by atoms with E-state index in [-0.39, 0.29) is 11.9 Å². The monoisotopic (exact) mass is 225 g/mol. The van der Waals surface area contributed by atoms with Crippen molar-refractivity contribution in [3.8, 4) is 0 Å². The molecule has 2 saturated carbocycles. The second-order valence-electron chi connectivity index (χ2n) is 5.41. The molecule has 0 spiro atoms. The summed E-state index contributed by atoms with van der Waals surface area (Å²) in [7, 11) is 2.09. The molecule has 0 bridgehead atoms. The Morgan fingerprint density at radius 1 is 1.44 bits per heavy atom. The molecule has 0 saturated heterocycles. The van der Waals surface area contributed by atoms with Gasteiger partial charge in [-0.1, -0.05) is 0 Å². The lowest BCUT2D eigenvalue weighted by Crippen LogP contribution is -2.51. The SMILES string of the molecule is CC(C1CC1)N(C)CC(NC1CC1)C(N)=O. The highest BCUT2D eigenvalue weighted by molar-refractivity contribution is 5.80. The topological polar surface area (TPSA) is 58.4 Å². The van der Waals surface area contributed by atoms with Crippen molar-refractivity contribution in [2.24, 2.45) is 11.7 Å². The van der Waals surface area contributed by atoms with Crippen LogP contribution in [0.5, 0.6) is 0 Å². The number of primary amides is 1. The van der Waals surface area contributed by atoms with E-state index >= 15 is 0 Å². The van der Waals surface area contributed by atoms with Gasteiger partial charge >= 0.3 is 0 Å². The van der Waals surface area contributed by atoms with Crippen LogP contribution in [0.1, 0.15) is 32.6 Å². The van der Waals surface area contributed by atoms with Crippen molar-refractivity contribution < 1.29 is 4.79 Å². The number of nitrogens with zero attached hydrogens (tertiary/aromatic N) is 1. The van der Waals surface area contributed by atoms with Crippen LogP contribution >= 0.6 is 0 Å². The van der Waals surface area contributed by atoms with Crippen molar-refractivity contribution in [3.05, 3.63) is 0 Å². The highest BCUT2D eigenvalue weighted by Gasteiger charge is 2.33. The molecule has 16 heavy (non-hydrogen) atoms. The Morgan fingerprint density at radius 3 is 2.50 bits per heavy atom. The number of nitrogens with one attached hydrogen (secondary N) is 1. The summed E-state index contributed by atoms with van der Waals surface area (Å²) in [6, 6.07) is 0.920. The van der Waals surface area contributed by atoms with E-state index in [1.807, 2.05) is 0 Å². The highest BCUT2D eigenvalue weighted by Crippen LogP contribution is 2.34. The van der Waals surface area contributed by atoms with Gasteiger partial charge in [-0.15, -0.1) is 0 Å². The number of hydrogen-bond acceptors (Lipinski definition) is 3. The first-order valence-electron chi connectivity index (χ1n) is 6.33. The lowest BCUT2D eigenvalue weighted by Gasteiger charge is -2.28. The zero-order valence-electron chi connectivity index (χ0n) is 10.3. The van der Waals surface area contributed by atoms with Crippen LogP contribution in [0.3, 0.4) is 0 Å². The largest absolute Gasteiger partial charge is 0.368 e. The summed E-state index contributed by atoms with van der Waals surface area (Å²) >= 11 is 0. The number of rotatable bonds is 7. The van der Waals surface area contributed by atoms with Gasteiger partial charge in [0.2, 0.25) is 5.91 Å². The molecule has 1 amide bonds. The van der Waals surface area contributed by atoms with Crippen molar-refractivity contribution in [1.29, 1.82) is 0 Å². The molecule has 92 valence electrons. The lowest BCUT2D eigenvalue weighted by atomic mass is 10.1. The van der Waals surface area contributed by atoms with E-state index in [9.17, 15) is 4.79 Å². The van der Waals surface area contributed by atoms with Crippen LogP contribution in [0.25, 0.3) is 0 Å². The molecule has 4 nitrogen and oxygen atoms in total. The van der Waals surface area contributed by atoms with Gasteiger partial charge in [0.05, 0.1) is 6.04 Å². The smallest absolute Gasteiger partial charge is 0.235 e. The summed E-state index contributed by atoms with van der Waals surface area (Å²) in [5.41, 5.74) is 5.42. The highest BCUT2D eigenvalue weighted by atomic mass is 16.1. The standard InChI is InChI=1S/C12H23N3O/c1-8(9-3-4-9)15(2)7-11(12(13)16)14-10-5-6-10/h8-11,14H,3-7H2,1-2H3,(H2,13,16). The van der Waals surface area contributed by atoms with E-state index in [1.165, 1.54) is 25.7 Å². The zero-order chi connectivity index (χ0) is 11.7. The summed E-state index contributed by atoms with van der Waals surface area (Å²) < 4.78 is 0. The third-order valence-corrected chi connectivity index (χ3v) is 3.83. The number of hydrogen-bond donors (Lipinski definition) is 2. The van der Waals surface area contributed by atoms with E-state index < -0.39 is 0 Å². The molecule has 0 aliphatic heterocycles. The van der Waals surface area contributed by atoms with E-state index in [1.54, 1.807) is 0 Å². The van der Waals surface area contributed by atoms with E-state index in [0.29, 0.717) is 12.1 Å². The average molecular weight is 225 g/mol. The molecule has 0 aromatic rings. The molecule has 2 unspecified atom stereocenters. The third kappa shape index (κ3) is 3.19. The predicted molar refractivity (Wildman–Crippen MR) is 64.0 cm³/mol. The summed E-state index contributed by atoms with van der Waals surface area (Å²) in [5.74, 6) is 0.612. The summed E-state index contributed by atoms with van der Waals surface area (Å²) in [6.45, 7) is 2.98. The van der Waals surface area contributed by atoms with Gasteiger partial charge in [-0.05, 0) is 45.6 Å². The Hall–Kier alpha value is -0.610. The molecule has 2 aliphatic carbocycles. The van der Waals surface area contributed by atoms with Gasteiger partial charge in [0.15, 0.2) is 0 Å². The molecule has 0 aromatic heterocycles. The number of carbonyl (C=O) groups is 1. The lowest BCUT2D eigenvalue weighted by molar-refractivity contribution is -0.120. The fourth-order valence-corrected chi connectivity index (χ4v) is 2.15. The molecule has 2 atom stereocenters. The van der Waals surface area contributed by atoms with Crippen molar-refractivity contribution >= 4 is 5.91 Å². The van der Waals surface area contributed by atoms with Crippen LogP contribution in [0, 0.1) is 5.92 Å². The predicted octanol–water partition coefficient (Wildman–Crippen LogP) is 0.323. The molecular formula is C12H23N3O. The maximum atomic E-state index is 11.3. The Kier molecular flexibility index (Phi) is 3.50. The summed E-state index contributed by atoms with van der Waals surface area (Å²) in [6.07, 6.45) is 5.04. The number of amides is 1. The Bertz CT molecular complexity index is 261. The Labute approximate surface area is 97.6 Å². The number of carbonyl (C=O) groups excluding carboxylic acids is 1. The number of nitrogens with two attached hydrogens (primary N) is 1. The number of likely N-dealkylation sites (N-methyl/N-ethyl adjacent to an activating group) is 1. The molecule has 0 aromatic carbocycles. The zero-order valence-corrected chi connectivity index (χ0v) is 10.3. The fourth-order valence-electron chi connectivity index (χ4n) is 2.15. The van der Waals surface area contributed by atoms with E-state index in [2.05, 4.69) is 24.2 Å². The van der Waals surface area contributed by atoms with Crippen molar-refractivity contribution in [3.63, 3.8) is 0 Å². The second kappa shape index (κ2) is 4.72. The molecule has 0 radical (unpaired) electrons. The van der Waals surface area contributed by atoms with Crippen LogP contribution < -0.4 is 11.1 Å². The molecule has 2 fully saturated rings. The first kappa shape index (κ1) is 11.9. The quantitative estimate of drug-likeness (QED) is 0.656. The molecular weight excluding hydrogens is 202 g/mol. The minimum atomic E-state index is -0.221. The third-order valence-electron chi connectivity index (χ3n) is 3.83. The molecule has 0 heterocycles. The van der Waals surface area contributed by atoms with Gasteiger partial charge in [0.25, 0.3) is 0 Å². The van der Waals surface area contributed by atoms with Crippen LogP contribution in [0.4, 0.5) is 0 Å². The maximum absolute atomic E-state index is 11.3. The minimum Gasteiger partial charge on any atom is -0.368 e. The molecule has 2 rings (SSSR count). The Morgan fingerprint density at radius 2 is 2.06 bits per heavy atom. The summed E-state index contributed by atoms with van der Waals surface area (Å²) in [4.78, 5) is 13.6. The van der Waals surface area contributed by atoms with Crippen LogP contribution in [-0.2, 0) is 4.79 Å². The van der Waals surface area contributed by atoms with Crippen molar-refractivity contribution in [2.45, 2.75) is 50.7 Å². The average Bonchev–Trinajstić information content (AvgIpc) is 3.08. The van der Waals surface area contributed by atoms with Gasteiger partial charge in [-0.25, -0.2) is 0 Å². The first-order chi connectivity index (χ1) is 7.58. The van der Waals surface area contributed by atoms with Crippen molar-refractivity contribution in [1.82, 2.24) is 10.2 Å². The van der Waals surface area contributed by atoms with Gasteiger partial charge < -0.3 is 16.0 Å². The van der Waals surface area contributed by atoms with Gasteiger partial charge in [0.1, 0.15) is 0 Å². The molecule has 2 aliphatic rings. The van der Waals surface area contributed by atoms with Crippen LogP contribution in [0.2, 0.25) is 0 Å². The Balaban J connectivity index is 1.80. The maximum Gasteiger partial charge on any atom is 0.235 e. The van der Waals surface area contributed by atoms with Crippen LogP contribution in [0.15, 0.2) is 0 Å². The molecule has 4 heteroatoms. The van der Waals surface area contributed by atoms with Crippen LogP contribution in [-0.4, -0.2) is 42.5 Å². The van der Waals surface area contributed by atoms with Gasteiger partial charge in [-0.2, -0.15) is 0 Å². The van der Waals surface area contributed by atoms with Gasteiger partial charge in [-0.3, -0.25) is 4.79 Å². The van der Waals surface area contributed by atoms with Crippen molar-refractivity contribution in [2.75, 3.05) is 13.6 Å². The molecule has 3 N–H and O–H groups in total. The minimum absolute atomic E-state index is 0.182. The van der Waals surface area contributed by atoms with Gasteiger partial charge in [0, 0.05) is 18.6 Å². The second-order valence-corrected chi connectivity index (χ2v) is 5.41. The summed E-state index contributed by atoms with van der Waals surface area (Å²) in [5, 5.41) is 3.32. The van der Waals surface area contributed by atoms with E-state index in [0.717, 1.165) is 12.5 Å². The fraction of sp³-hybridized carbons (Fsp3) is 0.917. The normalized spacial score (nSPS) is 24.4. The van der Waals surface area contributed by atoms with E-state index in [4.69, 9.17) is 5.73 Å².